The maximum Gasteiger partial charge on any atom is 0.417 e. The van der Waals surface area contributed by atoms with Gasteiger partial charge in [-0.15, -0.1) is 0 Å². The van der Waals surface area contributed by atoms with Crippen LogP contribution < -0.4 is 0 Å². The summed E-state index contributed by atoms with van der Waals surface area (Å²) >= 11 is 0. The van der Waals surface area contributed by atoms with Gasteiger partial charge in [-0.3, -0.25) is 0 Å². The summed E-state index contributed by atoms with van der Waals surface area (Å²) in [6.45, 7) is 0. The minimum absolute atomic E-state index is 0.0801. The van der Waals surface area contributed by atoms with Crippen LogP contribution in [-0.2, 0) is 24.7 Å². The second-order valence-electron chi connectivity index (χ2n) is 8.54. The molecule has 0 radical (unpaired) electrons. The van der Waals surface area contributed by atoms with Gasteiger partial charge in [0.15, 0.2) is 0 Å². The molecule has 12 heteroatoms. The van der Waals surface area contributed by atoms with Crippen LogP contribution in [0.25, 0.3) is 43.1 Å². The smallest absolute Gasteiger partial charge is 0.166 e. The fourth-order valence-corrected chi connectivity index (χ4v) is 4.94. The first-order valence-electron chi connectivity index (χ1n) is 10.6. The first-order valence-corrected chi connectivity index (χ1v) is 10.6. The molecule has 0 nitrogen and oxygen atoms in total. The van der Waals surface area contributed by atoms with Crippen molar-refractivity contribution in [2.24, 2.45) is 0 Å². The summed E-state index contributed by atoms with van der Waals surface area (Å²) in [6, 6.07) is 8.70. The van der Waals surface area contributed by atoms with E-state index in [-0.39, 0.29) is 32.3 Å². The molecule has 0 fully saturated rings. The van der Waals surface area contributed by atoms with Gasteiger partial charge in [0.25, 0.3) is 0 Å². The van der Waals surface area contributed by atoms with E-state index in [1.807, 2.05) is 0 Å². The zero-order chi connectivity index (χ0) is 28.0. The topological polar surface area (TPSA) is 0 Å². The maximum absolute atomic E-state index is 13.7. The molecule has 0 aliphatic rings. The number of fused-ring (bicyclic) bond motifs is 7. The van der Waals surface area contributed by atoms with Crippen molar-refractivity contribution in [3.63, 3.8) is 0 Å². The number of rotatable bonds is 0. The molecule has 0 spiro atoms. The number of alkyl halides is 12. The zero-order valence-electron chi connectivity index (χ0n) is 18.3. The minimum atomic E-state index is -5.35. The molecule has 38 heavy (non-hydrogen) atoms. The quantitative estimate of drug-likeness (QED) is 0.133. The summed E-state index contributed by atoms with van der Waals surface area (Å²) in [6.07, 6.45) is -21.3. The standard InChI is InChI=1S/C26H10F12/c27-23(28,29)19-9-7-15-13-1-2-14-12(11(13)3-5-17(15)21(19)25(33,34)35)4-6-18-16(14)8-10-20(24(30,31)32)22(18)26(36,37)38/h1-10H. The number of hydrogen-bond acceptors (Lipinski definition) is 0. The van der Waals surface area contributed by atoms with Gasteiger partial charge in [-0.2, -0.15) is 52.7 Å². The lowest BCUT2D eigenvalue weighted by molar-refractivity contribution is -0.161. The molecule has 0 aromatic heterocycles. The average Bonchev–Trinajstić information content (AvgIpc) is 2.79. The molecule has 0 bridgehead atoms. The van der Waals surface area contributed by atoms with Gasteiger partial charge >= 0.3 is 24.7 Å². The van der Waals surface area contributed by atoms with Crippen molar-refractivity contribution in [3.05, 3.63) is 82.9 Å². The minimum Gasteiger partial charge on any atom is -0.166 e. The first-order chi connectivity index (χ1) is 17.4. The van der Waals surface area contributed by atoms with Gasteiger partial charge in [0.1, 0.15) is 0 Å². The Bertz CT molecular complexity index is 1620. The van der Waals surface area contributed by atoms with Gasteiger partial charge in [0.2, 0.25) is 0 Å². The van der Waals surface area contributed by atoms with Crippen molar-refractivity contribution in [1.82, 2.24) is 0 Å². The van der Waals surface area contributed by atoms with E-state index in [9.17, 15) is 52.7 Å². The predicted molar refractivity (Wildman–Crippen MR) is 116 cm³/mol. The molecule has 0 unspecified atom stereocenters. The second-order valence-corrected chi connectivity index (χ2v) is 8.54. The molecular weight excluding hydrogens is 540 g/mol. The Kier molecular flexibility index (Phi) is 5.39. The first kappa shape index (κ1) is 25.9. The lowest BCUT2D eigenvalue weighted by Gasteiger charge is -2.20. The van der Waals surface area contributed by atoms with Gasteiger partial charge < -0.3 is 0 Å². The predicted octanol–water partition coefficient (Wildman–Crippen LogP) is 10.4. The summed E-state index contributed by atoms with van der Waals surface area (Å²) < 4.78 is 162. The molecule has 0 heterocycles. The fraction of sp³-hybridized carbons (Fsp3) is 0.154. The molecule has 5 rings (SSSR count). The van der Waals surface area contributed by atoms with E-state index in [0.717, 1.165) is 36.4 Å². The summed E-state index contributed by atoms with van der Waals surface area (Å²) in [4.78, 5) is 0. The van der Waals surface area contributed by atoms with E-state index in [0.29, 0.717) is 12.1 Å². The van der Waals surface area contributed by atoms with Crippen LogP contribution in [0.2, 0.25) is 0 Å². The van der Waals surface area contributed by atoms with E-state index in [1.54, 1.807) is 0 Å². The van der Waals surface area contributed by atoms with Crippen LogP contribution in [0, 0.1) is 0 Å². The number of benzene rings is 5. The van der Waals surface area contributed by atoms with Crippen LogP contribution in [0.3, 0.4) is 0 Å². The van der Waals surface area contributed by atoms with E-state index >= 15 is 0 Å². The van der Waals surface area contributed by atoms with Crippen molar-refractivity contribution in [2.45, 2.75) is 24.7 Å². The second kappa shape index (κ2) is 7.90. The lowest BCUT2D eigenvalue weighted by Crippen LogP contribution is -2.17. The molecule has 0 aliphatic carbocycles. The van der Waals surface area contributed by atoms with Crippen molar-refractivity contribution in [3.8, 4) is 0 Å². The van der Waals surface area contributed by atoms with Crippen LogP contribution in [0.5, 0.6) is 0 Å². The molecule has 0 saturated heterocycles. The van der Waals surface area contributed by atoms with Crippen molar-refractivity contribution in [2.75, 3.05) is 0 Å². The highest BCUT2D eigenvalue weighted by Gasteiger charge is 2.45. The van der Waals surface area contributed by atoms with E-state index in [1.165, 1.54) is 12.1 Å². The molecule has 5 aromatic carbocycles. The lowest BCUT2D eigenvalue weighted by atomic mass is 9.89. The molecule has 198 valence electrons. The fourth-order valence-electron chi connectivity index (χ4n) is 4.94. The number of hydrogen-bond donors (Lipinski definition) is 0. The van der Waals surface area contributed by atoms with Crippen LogP contribution >= 0.6 is 0 Å². The van der Waals surface area contributed by atoms with Gasteiger partial charge in [-0.05, 0) is 55.2 Å². The maximum atomic E-state index is 13.7. The highest BCUT2D eigenvalue weighted by Crippen LogP contribution is 2.48. The highest BCUT2D eigenvalue weighted by molar-refractivity contribution is 6.22. The van der Waals surface area contributed by atoms with Crippen LogP contribution in [0.15, 0.2) is 60.7 Å². The van der Waals surface area contributed by atoms with Crippen LogP contribution in [-0.4, -0.2) is 0 Å². The van der Waals surface area contributed by atoms with Gasteiger partial charge in [0, 0.05) is 0 Å². The van der Waals surface area contributed by atoms with Crippen molar-refractivity contribution >= 4 is 43.1 Å². The Morgan fingerprint density at radius 2 is 0.474 bits per heavy atom. The highest BCUT2D eigenvalue weighted by atomic mass is 19.4. The Hall–Kier alpha value is -3.70. The van der Waals surface area contributed by atoms with Crippen molar-refractivity contribution < 1.29 is 52.7 Å². The van der Waals surface area contributed by atoms with Crippen LogP contribution in [0.4, 0.5) is 52.7 Å². The third kappa shape index (κ3) is 3.97. The van der Waals surface area contributed by atoms with E-state index in [4.69, 9.17) is 0 Å². The van der Waals surface area contributed by atoms with Crippen molar-refractivity contribution in [1.29, 1.82) is 0 Å². The van der Waals surface area contributed by atoms with Gasteiger partial charge in [0.05, 0.1) is 22.3 Å². The third-order valence-electron chi connectivity index (χ3n) is 6.37. The van der Waals surface area contributed by atoms with E-state index in [2.05, 4.69) is 0 Å². The molecular formula is C26H10F12. The molecule has 5 aromatic rings. The van der Waals surface area contributed by atoms with Crippen LogP contribution in [0.1, 0.15) is 22.3 Å². The normalized spacial score (nSPS) is 13.8. The summed E-state index contributed by atoms with van der Waals surface area (Å²) in [7, 11) is 0. The summed E-state index contributed by atoms with van der Waals surface area (Å²) in [5.41, 5.74) is -7.50. The Balaban J connectivity index is 1.88. The Morgan fingerprint density at radius 3 is 0.711 bits per heavy atom. The van der Waals surface area contributed by atoms with E-state index < -0.39 is 57.7 Å². The molecule has 0 saturated carbocycles. The molecule has 0 amide bonds. The zero-order valence-corrected chi connectivity index (χ0v) is 18.3. The number of halogens is 12. The molecule has 0 N–H and O–H groups in total. The molecule has 0 aliphatic heterocycles. The third-order valence-corrected chi connectivity index (χ3v) is 6.37. The largest absolute Gasteiger partial charge is 0.417 e. The average molecular weight is 550 g/mol. The molecule has 0 atom stereocenters. The SMILES string of the molecule is FC(F)(F)c1ccc2c(ccc3c2ccc2c4ccc(C(F)(F)F)c(C(F)(F)F)c4ccc23)c1C(F)(F)F. The monoisotopic (exact) mass is 550 g/mol. The van der Waals surface area contributed by atoms with Gasteiger partial charge in [-0.1, -0.05) is 48.5 Å². The van der Waals surface area contributed by atoms with Gasteiger partial charge in [-0.25, -0.2) is 0 Å². The summed E-state index contributed by atoms with van der Waals surface area (Å²) in [5, 5.41) is -1.28. The Labute approximate surface area is 204 Å². The Morgan fingerprint density at radius 1 is 0.263 bits per heavy atom. The summed E-state index contributed by atoms with van der Waals surface area (Å²) in [5.74, 6) is 0.